The number of aryl methyl sites for hydroxylation is 1. The van der Waals surface area contributed by atoms with Crippen LogP contribution in [0.15, 0.2) is 30.3 Å². The van der Waals surface area contributed by atoms with Crippen molar-refractivity contribution in [2.24, 2.45) is 0 Å². The van der Waals surface area contributed by atoms with Crippen molar-refractivity contribution < 1.29 is 9.90 Å². The van der Waals surface area contributed by atoms with Crippen LogP contribution in [0, 0.1) is 6.92 Å². The fourth-order valence-electron chi connectivity index (χ4n) is 2.90. The Kier molecular flexibility index (Phi) is 5.14. The SMILES string of the molecule is CCN1CCN(c2nc(C)cc(Nc3cccc(C(=O)O)c3)n2)CC1. The summed E-state index contributed by atoms with van der Waals surface area (Å²) in [4.78, 5) is 24.9. The number of nitrogens with one attached hydrogen (secondary N) is 1. The minimum atomic E-state index is -0.947. The molecule has 0 aliphatic carbocycles. The molecule has 1 saturated heterocycles. The molecule has 2 N–H and O–H groups in total. The summed E-state index contributed by atoms with van der Waals surface area (Å²) in [7, 11) is 0. The monoisotopic (exact) mass is 341 g/mol. The molecule has 132 valence electrons. The third kappa shape index (κ3) is 4.24. The van der Waals surface area contributed by atoms with E-state index >= 15 is 0 Å². The number of aromatic nitrogens is 2. The van der Waals surface area contributed by atoms with Gasteiger partial charge in [-0.25, -0.2) is 9.78 Å². The van der Waals surface area contributed by atoms with Crippen LogP contribution in [0.1, 0.15) is 23.0 Å². The molecule has 7 nitrogen and oxygen atoms in total. The molecule has 1 aromatic heterocycles. The fraction of sp³-hybridized carbons (Fsp3) is 0.389. The predicted octanol–water partition coefficient (Wildman–Crippen LogP) is 2.37. The zero-order valence-electron chi connectivity index (χ0n) is 14.6. The molecule has 0 atom stereocenters. The van der Waals surface area contributed by atoms with Gasteiger partial charge < -0.3 is 20.2 Å². The van der Waals surface area contributed by atoms with E-state index in [0.717, 1.165) is 38.4 Å². The quantitative estimate of drug-likeness (QED) is 0.864. The standard InChI is InChI=1S/C18H23N5O2/c1-3-22-7-9-23(10-8-22)18-19-13(2)11-16(21-18)20-15-6-4-5-14(12-15)17(24)25/h4-6,11-12H,3,7-10H2,1-2H3,(H,24,25)(H,19,20,21). The molecule has 3 rings (SSSR count). The number of hydrogen-bond acceptors (Lipinski definition) is 6. The van der Waals surface area contributed by atoms with Gasteiger partial charge >= 0.3 is 5.97 Å². The number of carboxylic acid groups (broad SMARTS) is 1. The number of aromatic carboxylic acids is 1. The van der Waals surface area contributed by atoms with Crippen LogP contribution in [-0.2, 0) is 0 Å². The first kappa shape index (κ1) is 17.2. The van der Waals surface area contributed by atoms with Crippen molar-refractivity contribution in [2.75, 3.05) is 42.9 Å². The van der Waals surface area contributed by atoms with E-state index in [0.29, 0.717) is 17.5 Å². The lowest BCUT2D eigenvalue weighted by Gasteiger charge is -2.34. The molecule has 0 unspecified atom stereocenters. The van der Waals surface area contributed by atoms with Crippen LogP contribution >= 0.6 is 0 Å². The van der Waals surface area contributed by atoms with Crippen molar-refractivity contribution in [1.82, 2.24) is 14.9 Å². The molecule has 25 heavy (non-hydrogen) atoms. The number of likely N-dealkylation sites (N-methyl/N-ethyl adjacent to an activating group) is 1. The van der Waals surface area contributed by atoms with E-state index in [1.54, 1.807) is 18.2 Å². The number of carbonyl (C=O) groups is 1. The number of piperazine rings is 1. The highest BCUT2D eigenvalue weighted by molar-refractivity contribution is 5.89. The summed E-state index contributed by atoms with van der Waals surface area (Å²) in [5.41, 5.74) is 1.81. The highest BCUT2D eigenvalue weighted by Gasteiger charge is 2.18. The Morgan fingerprint density at radius 1 is 1.20 bits per heavy atom. The second kappa shape index (κ2) is 7.48. The number of nitrogens with zero attached hydrogens (tertiary/aromatic N) is 4. The van der Waals surface area contributed by atoms with Crippen molar-refractivity contribution in [1.29, 1.82) is 0 Å². The first-order chi connectivity index (χ1) is 12.0. The van der Waals surface area contributed by atoms with Crippen molar-refractivity contribution in [3.63, 3.8) is 0 Å². The molecule has 2 heterocycles. The lowest BCUT2D eigenvalue weighted by molar-refractivity contribution is 0.0697. The molecule has 0 spiro atoms. The average Bonchev–Trinajstić information content (AvgIpc) is 2.61. The molecule has 7 heteroatoms. The summed E-state index contributed by atoms with van der Waals surface area (Å²) in [5, 5.41) is 12.3. The van der Waals surface area contributed by atoms with E-state index in [1.807, 2.05) is 19.1 Å². The van der Waals surface area contributed by atoms with Crippen molar-refractivity contribution in [3.05, 3.63) is 41.6 Å². The smallest absolute Gasteiger partial charge is 0.335 e. The predicted molar refractivity (Wildman–Crippen MR) is 97.8 cm³/mol. The zero-order chi connectivity index (χ0) is 17.8. The Balaban J connectivity index is 1.78. The summed E-state index contributed by atoms with van der Waals surface area (Å²) in [6.07, 6.45) is 0. The molecular weight excluding hydrogens is 318 g/mol. The molecule has 0 saturated carbocycles. The van der Waals surface area contributed by atoms with Crippen LogP contribution in [0.25, 0.3) is 0 Å². The maximum atomic E-state index is 11.1. The Hall–Kier alpha value is -2.67. The molecule has 1 fully saturated rings. The number of anilines is 3. The molecule has 0 bridgehead atoms. The first-order valence-electron chi connectivity index (χ1n) is 8.48. The Morgan fingerprint density at radius 3 is 2.64 bits per heavy atom. The molecule has 0 radical (unpaired) electrons. The molecule has 2 aromatic rings. The van der Waals surface area contributed by atoms with Gasteiger partial charge in [0, 0.05) is 43.6 Å². The summed E-state index contributed by atoms with van der Waals surface area (Å²) < 4.78 is 0. The zero-order valence-corrected chi connectivity index (χ0v) is 14.6. The van der Waals surface area contributed by atoms with Gasteiger partial charge in [0.15, 0.2) is 0 Å². The van der Waals surface area contributed by atoms with Gasteiger partial charge in [-0.05, 0) is 31.7 Å². The van der Waals surface area contributed by atoms with E-state index in [2.05, 4.69) is 32.0 Å². The number of carboxylic acids is 1. The van der Waals surface area contributed by atoms with Crippen LogP contribution in [-0.4, -0.2) is 58.7 Å². The average molecular weight is 341 g/mol. The van der Waals surface area contributed by atoms with Crippen LogP contribution < -0.4 is 10.2 Å². The van der Waals surface area contributed by atoms with Crippen molar-refractivity contribution in [3.8, 4) is 0 Å². The summed E-state index contributed by atoms with van der Waals surface area (Å²) in [6, 6.07) is 8.56. The number of hydrogen-bond donors (Lipinski definition) is 2. The van der Waals surface area contributed by atoms with Gasteiger partial charge in [0.05, 0.1) is 5.56 Å². The lowest BCUT2D eigenvalue weighted by Crippen LogP contribution is -2.46. The van der Waals surface area contributed by atoms with E-state index < -0.39 is 5.97 Å². The van der Waals surface area contributed by atoms with Crippen LogP contribution in [0.2, 0.25) is 0 Å². The Morgan fingerprint density at radius 2 is 1.96 bits per heavy atom. The maximum Gasteiger partial charge on any atom is 0.335 e. The fourth-order valence-corrected chi connectivity index (χ4v) is 2.90. The van der Waals surface area contributed by atoms with Gasteiger partial charge in [-0.1, -0.05) is 13.0 Å². The van der Waals surface area contributed by atoms with Gasteiger partial charge in [0.25, 0.3) is 0 Å². The molecule has 1 aromatic carbocycles. The van der Waals surface area contributed by atoms with E-state index in [9.17, 15) is 4.79 Å². The molecule has 1 aliphatic rings. The van der Waals surface area contributed by atoms with Gasteiger partial charge in [-0.15, -0.1) is 0 Å². The molecule has 0 amide bonds. The number of rotatable bonds is 5. The van der Waals surface area contributed by atoms with Crippen LogP contribution in [0.5, 0.6) is 0 Å². The minimum Gasteiger partial charge on any atom is -0.478 e. The second-order valence-corrected chi connectivity index (χ2v) is 6.13. The van der Waals surface area contributed by atoms with Crippen LogP contribution in [0.3, 0.4) is 0 Å². The largest absolute Gasteiger partial charge is 0.478 e. The van der Waals surface area contributed by atoms with Gasteiger partial charge in [-0.3, -0.25) is 0 Å². The highest BCUT2D eigenvalue weighted by Crippen LogP contribution is 2.20. The van der Waals surface area contributed by atoms with E-state index in [4.69, 9.17) is 5.11 Å². The summed E-state index contributed by atoms with van der Waals surface area (Å²) in [6.45, 7) is 9.01. The van der Waals surface area contributed by atoms with Gasteiger partial charge in [0.2, 0.25) is 5.95 Å². The number of benzene rings is 1. The van der Waals surface area contributed by atoms with Crippen molar-refractivity contribution in [2.45, 2.75) is 13.8 Å². The Labute approximate surface area is 147 Å². The van der Waals surface area contributed by atoms with E-state index in [1.165, 1.54) is 0 Å². The Bertz CT molecular complexity index is 757. The van der Waals surface area contributed by atoms with Gasteiger partial charge in [-0.2, -0.15) is 4.98 Å². The van der Waals surface area contributed by atoms with Gasteiger partial charge in [0.1, 0.15) is 5.82 Å². The maximum absolute atomic E-state index is 11.1. The second-order valence-electron chi connectivity index (χ2n) is 6.13. The van der Waals surface area contributed by atoms with E-state index in [-0.39, 0.29) is 5.56 Å². The summed E-state index contributed by atoms with van der Waals surface area (Å²) in [5.74, 6) is 0.438. The third-order valence-corrected chi connectivity index (χ3v) is 4.33. The molecular formula is C18H23N5O2. The third-order valence-electron chi connectivity index (χ3n) is 4.33. The topological polar surface area (TPSA) is 81.6 Å². The first-order valence-corrected chi connectivity index (χ1v) is 8.48. The normalized spacial score (nSPS) is 15.2. The van der Waals surface area contributed by atoms with Crippen molar-refractivity contribution >= 4 is 23.4 Å². The lowest BCUT2D eigenvalue weighted by atomic mass is 10.2. The summed E-state index contributed by atoms with van der Waals surface area (Å²) >= 11 is 0. The minimum absolute atomic E-state index is 0.242. The highest BCUT2D eigenvalue weighted by atomic mass is 16.4. The molecule has 1 aliphatic heterocycles. The van der Waals surface area contributed by atoms with Crippen LogP contribution in [0.4, 0.5) is 17.5 Å².